The highest BCUT2D eigenvalue weighted by Crippen LogP contribution is 2.42. The predicted octanol–water partition coefficient (Wildman–Crippen LogP) is 6.07. The van der Waals surface area contributed by atoms with Gasteiger partial charge in [-0.25, -0.2) is 32.2 Å². The standard InChI is InChI=1S/C28H34F7N7O2/c1-14(2)42-23(37-13-38-42)25(44)41-20(15-7-9-27(31,32)10-8-15)22-39-18-6-5-16(19(29)21(18)40-22)17(11-28(33,34)35)24(43)36-12-26(3,4)30/h5-6,13-15,17,20H,7-12H2,1-4H3,(H,36,43)(H,39,40)(H,41,44)/t17?,20-/m0/s1. The molecule has 1 fully saturated rings. The lowest BCUT2D eigenvalue weighted by Crippen LogP contribution is -2.39. The number of H-pyrrole nitrogens is 1. The van der Waals surface area contributed by atoms with E-state index >= 15 is 4.39 Å². The molecule has 0 bridgehead atoms. The number of fused-ring (bicyclic) bond motifs is 1. The second kappa shape index (κ2) is 12.3. The first-order valence-electron chi connectivity index (χ1n) is 14.1. The molecule has 3 aromatic rings. The molecule has 2 aromatic heterocycles. The monoisotopic (exact) mass is 633 g/mol. The Morgan fingerprint density at radius 1 is 1.14 bits per heavy atom. The van der Waals surface area contributed by atoms with Crippen LogP contribution in [0.4, 0.5) is 30.7 Å². The average molecular weight is 634 g/mol. The minimum atomic E-state index is -4.86. The number of halogens is 7. The molecule has 1 aliphatic rings. The summed E-state index contributed by atoms with van der Waals surface area (Å²) >= 11 is 0. The van der Waals surface area contributed by atoms with Gasteiger partial charge in [0.25, 0.3) is 5.91 Å². The first kappa shape index (κ1) is 33.2. The minimum absolute atomic E-state index is 0.00164. The Kier molecular flexibility index (Phi) is 9.31. The van der Waals surface area contributed by atoms with Gasteiger partial charge >= 0.3 is 6.18 Å². The van der Waals surface area contributed by atoms with Gasteiger partial charge in [0.1, 0.15) is 23.3 Å². The van der Waals surface area contributed by atoms with Crippen molar-refractivity contribution in [3.8, 4) is 0 Å². The summed E-state index contributed by atoms with van der Waals surface area (Å²) in [4.78, 5) is 37.1. The quantitative estimate of drug-likeness (QED) is 0.234. The van der Waals surface area contributed by atoms with Crippen LogP contribution in [0.1, 0.15) is 99.8 Å². The molecule has 2 atom stereocenters. The van der Waals surface area contributed by atoms with Gasteiger partial charge < -0.3 is 15.6 Å². The molecule has 1 saturated carbocycles. The molecule has 0 spiro atoms. The maximum atomic E-state index is 15.9. The zero-order chi connectivity index (χ0) is 32.6. The van der Waals surface area contributed by atoms with Crippen molar-refractivity contribution in [1.82, 2.24) is 35.4 Å². The Hall–Kier alpha value is -3.72. The summed E-state index contributed by atoms with van der Waals surface area (Å²) in [5.74, 6) is -8.65. The van der Waals surface area contributed by atoms with Crippen LogP contribution < -0.4 is 10.6 Å². The molecule has 1 aliphatic carbocycles. The molecule has 4 rings (SSSR count). The van der Waals surface area contributed by atoms with Crippen molar-refractivity contribution < 1.29 is 40.3 Å². The summed E-state index contributed by atoms with van der Waals surface area (Å²) in [5, 5.41) is 8.89. The molecule has 2 heterocycles. The lowest BCUT2D eigenvalue weighted by Gasteiger charge is -2.33. The number of carbonyl (C=O) groups excluding carboxylic acids is 2. The van der Waals surface area contributed by atoms with Gasteiger partial charge in [0, 0.05) is 24.4 Å². The number of aromatic nitrogens is 5. The smallest absolute Gasteiger partial charge is 0.352 e. The number of nitrogens with zero attached hydrogens (tertiary/aromatic N) is 4. The van der Waals surface area contributed by atoms with Gasteiger partial charge in [0.2, 0.25) is 17.7 Å². The molecular formula is C28H34F7N7O2. The fourth-order valence-corrected chi connectivity index (χ4v) is 5.29. The zero-order valence-electron chi connectivity index (χ0n) is 24.5. The number of rotatable bonds is 10. The Labute approximate surface area is 248 Å². The SMILES string of the molecule is CC(C)n1ncnc1C(=O)N[C@H](c1nc2c(F)c(C(CC(F)(F)F)C(=O)NCC(C)(C)F)ccc2[nH]1)C1CCC(F)(F)CC1. The second-order valence-electron chi connectivity index (χ2n) is 12.1. The van der Waals surface area contributed by atoms with Crippen LogP contribution >= 0.6 is 0 Å². The van der Waals surface area contributed by atoms with Crippen LogP contribution in [0.2, 0.25) is 0 Å². The van der Waals surface area contributed by atoms with E-state index < -0.39 is 90.2 Å². The number of carbonyl (C=O) groups is 2. The van der Waals surface area contributed by atoms with Crippen LogP contribution in [-0.4, -0.2) is 60.9 Å². The summed E-state index contributed by atoms with van der Waals surface area (Å²) in [6.07, 6.45) is -6.29. The van der Waals surface area contributed by atoms with E-state index in [-0.39, 0.29) is 36.0 Å². The highest BCUT2D eigenvalue weighted by molar-refractivity contribution is 5.91. The summed E-state index contributed by atoms with van der Waals surface area (Å²) in [5.41, 5.74) is -2.90. The number of nitrogens with one attached hydrogen (secondary N) is 3. The van der Waals surface area contributed by atoms with Crippen molar-refractivity contribution >= 4 is 22.8 Å². The number of hydrogen-bond acceptors (Lipinski definition) is 5. The molecule has 16 heteroatoms. The van der Waals surface area contributed by atoms with Gasteiger partial charge in [-0.2, -0.15) is 18.3 Å². The fraction of sp³-hybridized carbons (Fsp3) is 0.607. The number of amides is 2. The lowest BCUT2D eigenvalue weighted by molar-refractivity contribution is -0.148. The number of hydrogen-bond donors (Lipinski definition) is 3. The third-order valence-electron chi connectivity index (χ3n) is 7.53. The van der Waals surface area contributed by atoms with Crippen molar-refractivity contribution in [3.05, 3.63) is 41.5 Å². The highest BCUT2D eigenvalue weighted by Gasteiger charge is 2.41. The van der Waals surface area contributed by atoms with Gasteiger partial charge in [-0.15, -0.1) is 0 Å². The van der Waals surface area contributed by atoms with Crippen molar-refractivity contribution in [2.75, 3.05) is 6.54 Å². The predicted molar refractivity (Wildman–Crippen MR) is 145 cm³/mol. The Morgan fingerprint density at radius 2 is 1.80 bits per heavy atom. The maximum Gasteiger partial charge on any atom is 0.390 e. The molecule has 1 unspecified atom stereocenters. The van der Waals surface area contributed by atoms with Crippen molar-refractivity contribution in [2.24, 2.45) is 5.92 Å². The molecule has 242 valence electrons. The molecule has 1 aromatic carbocycles. The highest BCUT2D eigenvalue weighted by atomic mass is 19.4. The van der Waals surface area contributed by atoms with Gasteiger partial charge in [-0.1, -0.05) is 6.07 Å². The molecule has 0 saturated heterocycles. The zero-order valence-corrected chi connectivity index (χ0v) is 24.5. The van der Waals surface area contributed by atoms with E-state index in [1.165, 1.54) is 17.1 Å². The van der Waals surface area contributed by atoms with Crippen molar-refractivity contribution in [2.45, 2.75) is 95.6 Å². The Bertz CT molecular complexity index is 1480. The van der Waals surface area contributed by atoms with E-state index in [1.807, 2.05) is 0 Å². The lowest BCUT2D eigenvalue weighted by atomic mass is 9.81. The molecule has 3 N–H and O–H groups in total. The van der Waals surface area contributed by atoms with E-state index in [9.17, 15) is 35.9 Å². The van der Waals surface area contributed by atoms with Crippen LogP contribution in [0.15, 0.2) is 18.5 Å². The molecular weight excluding hydrogens is 599 g/mol. The van der Waals surface area contributed by atoms with Crippen LogP contribution in [0.25, 0.3) is 11.0 Å². The first-order chi connectivity index (χ1) is 20.3. The van der Waals surface area contributed by atoms with Gasteiger partial charge in [-0.05, 0) is 52.5 Å². The molecule has 44 heavy (non-hydrogen) atoms. The van der Waals surface area contributed by atoms with Crippen molar-refractivity contribution in [3.63, 3.8) is 0 Å². The number of imidazole rings is 1. The van der Waals surface area contributed by atoms with Crippen LogP contribution in [-0.2, 0) is 4.79 Å². The van der Waals surface area contributed by atoms with E-state index in [4.69, 9.17) is 0 Å². The summed E-state index contributed by atoms with van der Waals surface area (Å²) < 4.78 is 99.5. The third kappa shape index (κ3) is 7.86. The minimum Gasteiger partial charge on any atom is -0.352 e. The fourth-order valence-electron chi connectivity index (χ4n) is 5.29. The van der Waals surface area contributed by atoms with Crippen LogP contribution in [0.5, 0.6) is 0 Å². The summed E-state index contributed by atoms with van der Waals surface area (Å²) in [7, 11) is 0. The molecule has 0 aliphatic heterocycles. The van der Waals surface area contributed by atoms with E-state index in [0.717, 1.165) is 19.9 Å². The molecule has 0 radical (unpaired) electrons. The number of alkyl halides is 6. The van der Waals surface area contributed by atoms with E-state index in [2.05, 4.69) is 30.7 Å². The van der Waals surface area contributed by atoms with Crippen LogP contribution in [0, 0.1) is 11.7 Å². The number of aromatic amines is 1. The first-order valence-corrected chi connectivity index (χ1v) is 14.1. The van der Waals surface area contributed by atoms with E-state index in [1.54, 1.807) is 13.8 Å². The maximum absolute atomic E-state index is 15.9. The number of benzene rings is 1. The van der Waals surface area contributed by atoms with Gasteiger partial charge in [0.15, 0.2) is 5.82 Å². The largest absolute Gasteiger partial charge is 0.390 e. The van der Waals surface area contributed by atoms with Crippen molar-refractivity contribution in [1.29, 1.82) is 0 Å². The average Bonchev–Trinajstić information content (AvgIpc) is 3.57. The summed E-state index contributed by atoms with van der Waals surface area (Å²) in [6.45, 7) is 5.20. The van der Waals surface area contributed by atoms with Crippen LogP contribution in [0.3, 0.4) is 0 Å². The Balaban J connectivity index is 1.72. The second-order valence-corrected chi connectivity index (χ2v) is 12.1. The molecule has 2 amide bonds. The van der Waals surface area contributed by atoms with Gasteiger partial charge in [-0.3, -0.25) is 9.59 Å². The van der Waals surface area contributed by atoms with E-state index in [0.29, 0.717) is 0 Å². The normalized spacial score (nSPS) is 17.5. The summed E-state index contributed by atoms with van der Waals surface area (Å²) in [6, 6.07) is 0.994. The molecule has 9 nitrogen and oxygen atoms in total. The van der Waals surface area contributed by atoms with Gasteiger partial charge in [0.05, 0.1) is 30.4 Å². The third-order valence-corrected chi connectivity index (χ3v) is 7.53. The Morgan fingerprint density at radius 3 is 2.39 bits per heavy atom. The topological polar surface area (TPSA) is 118 Å².